The summed E-state index contributed by atoms with van der Waals surface area (Å²) >= 11 is 12.0. The molecule has 1 aliphatic rings. The van der Waals surface area contributed by atoms with E-state index in [1.165, 1.54) is 36.4 Å². The summed E-state index contributed by atoms with van der Waals surface area (Å²) in [4.78, 5) is 12.3. The van der Waals surface area contributed by atoms with Gasteiger partial charge in [-0.1, -0.05) is 35.3 Å². The zero-order chi connectivity index (χ0) is 23.0. The number of carbonyl (C=O) groups is 1. The van der Waals surface area contributed by atoms with Gasteiger partial charge in [0.05, 0.1) is 32.9 Å². The molecule has 0 saturated carbocycles. The zero-order valence-corrected chi connectivity index (χ0v) is 18.4. The van der Waals surface area contributed by atoms with Gasteiger partial charge in [-0.3, -0.25) is 4.79 Å². The van der Waals surface area contributed by atoms with Crippen LogP contribution in [0.2, 0.25) is 10.0 Å². The maximum atomic E-state index is 14.0. The first-order valence-corrected chi connectivity index (χ1v) is 11.3. The predicted molar refractivity (Wildman–Crippen MR) is 118 cm³/mol. The molecular formula is C21H13Cl2FN4O3S. The molecular weight excluding hydrogens is 478 g/mol. The van der Waals surface area contributed by atoms with Crippen molar-refractivity contribution in [3.05, 3.63) is 87.2 Å². The molecule has 32 heavy (non-hydrogen) atoms. The molecule has 0 spiro atoms. The van der Waals surface area contributed by atoms with Crippen LogP contribution in [0, 0.1) is 17.1 Å². The topological polar surface area (TPSA) is 102 Å². The molecule has 0 atom stereocenters. The minimum atomic E-state index is -4.13. The van der Waals surface area contributed by atoms with Crippen molar-refractivity contribution < 1.29 is 17.6 Å². The molecule has 2 N–H and O–H groups in total. The molecule has 0 saturated heterocycles. The van der Waals surface area contributed by atoms with Gasteiger partial charge in [-0.2, -0.15) is 18.1 Å². The predicted octanol–water partition coefficient (Wildman–Crippen LogP) is 4.47. The first-order chi connectivity index (χ1) is 15.2. The molecule has 11 heteroatoms. The minimum Gasteiger partial charge on any atom is -0.322 e. The number of hydrazine groups is 1. The van der Waals surface area contributed by atoms with Gasteiger partial charge >= 0.3 is 0 Å². The fourth-order valence-corrected chi connectivity index (χ4v) is 5.35. The summed E-state index contributed by atoms with van der Waals surface area (Å²) in [6.07, 6.45) is 0. The summed E-state index contributed by atoms with van der Waals surface area (Å²) in [6.45, 7) is 0.218. The second-order valence-corrected chi connectivity index (χ2v) is 9.33. The van der Waals surface area contributed by atoms with Gasteiger partial charge in [-0.15, -0.1) is 0 Å². The monoisotopic (exact) mass is 490 g/mol. The first kappa shape index (κ1) is 22.0. The summed E-state index contributed by atoms with van der Waals surface area (Å²) in [5, 5.41) is 11.4. The van der Waals surface area contributed by atoms with Gasteiger partial charge in [0.15, 0.2) is 0 Å². The third-order valence-electron chi connectivity index (χ3n) is 4.74. The van der Waals surface area contributed by atoms with Gasteiger partial charge in [-0.05, 0) is 48.0 Å². The van der Waals surface area contributed by atoms with Gasteiger partial charge in [-0.25, -0.2) is 9.82 Å². The summed E-state index contributed by atoms with van der Waals surface area (Å²) in [5.74, 6) is -1.55. The smallest absolute Gasteiger partial charge is 0.279 e. The Morgan fingerprint density at radius 3 is 2.59 bits per heavy atom. The maximum absolute atomic E-state index is 14.0. The van der Waals surface area contributed by atoms with E-state index >= 15 is 0 Å². The van der Waals surface area contributed by atoms with E-state index in [9.17, 15) is 17.6 Å². The highest BCUT2D eigenvalue weighted by atomic mass is 35.5. The molecule has 1 heterocycles. The molecule has 3 aromatic carbocycles. The van der Waals surface area contributed by atoms with Crippen molar-refractivity contribution in [2.75, 3.05) is 9.73 Å². The molecule has 3 aromatic rings. The highest BCUT2D eigenvalue weighted by Crippen LogP contribution is 2.35. The average Bonchev–Trinajstić information content (AvgIpc) is 3.17. The second kappa shape index (κ2) is 8.41. The Hall–Kier alpha value is -3.16. The zero-order valence-electron chi connectivity index (χ0n) is 16.1. The van der Waals surface area contributed by atoms with E-state index in [1.807, 2.05) is 6.07 Å². The molecule has 0 fully saturated rings. The van der Waals surface area contributed by atoms with Crippen LogP contribution in [0.15, 0.2) is 59.5 Å². The molecule has 0 radical (unpaired) electrons. The van der Waals surface area contributed by atoms with Crippen LogP contribution in [0.3, 0.4) is 0 Å². The van der Waals surface area contributed by atoms with E-state index in [0.717, 1.165) is 10.5 Å². The lowest BCUT2D eigenvalue weighted by Crippen LogP contribution is -2.38. The van der Waals surface area contributed by atoms with Gasteiger partial charge in [0, 0.05) is 12.2 Å². The SMILES string of the molecule is N#Cc1ccc(S(=O)(=O)N2NCc3ccc(NC(=O)c4c(F)cccc4Cl)cc32)c(Cl)c1. The van der Waals surface area contributed by atoms with Crippen LogP contribution in [0.5, 0.6) is 0 Å². The normalized spacial score (nSPS) is 12.9. The van der Waals surface area contributed by atoms with Crippen LogP contribution in [0.1, 0.15) is 21.5 Å². The average molecular weight is 491 g/mol. The number of anilines is 2. The fourth-order valence-electron chi connectivity index (χ4n) is 3.22. The number of nitriles is 1. The van der Waals surface area contributed by atoms with Crippen LogP contribution in [0.25, 0.3) is 0 Å². The lowest BCUT2D eigenvalue weighted by atomic mass is 10.1. The molecule has 7 nitrogen and oxygen atoms in total. The Morgan fingerprint density at radius 2 is 1.91 bits per heavy atom. The minimum absolute atomic E-state index is 0.0509. The Kier molecular flexibility index (Phi) is 5.79. The van der Waals surface area contributed by atoms with Gasteiger partial charge in [0.1, 0.15) is 10.7 Å². The van der Waals surface area contributed by atoms with E-state index in [0.29, 0.717) is 5.56 Å². The van der Waals surface area contributed by atoms with Crippen molar-refractivity contribution in [1.29, 1.82) is 5.26 Å². The molecule has 0 aromatic heterocycles. The molecule has 0 unspecified atom stereocenters. The van der Waals surface area contributed by atoms with Crippen molar-refractivity contribution >= 4 is 50.5 Å². The first-order valence-electron chi connectivity index (χ1n) is 9.09. The number of hydrogen-bond acceptors (Lipinski definition) is 5. The van der Waals surface area contributed by atoms with Crippen molar-refractivity contribution in [3.63, 3.8) is 0 Å². The molecule has 4 rings (SSSR count). The van der Waals surface area contributed by atoms with Crippen molar-refractivity contribution in [1.82, 2.24) is 5.43 Å². The number of carbonyl (C=O) groups excluding carboxylic acids is 1. The van der Waals surface area contributed by atoms with Gasteiger partial charge < -0.3 is 5.32 Å². The standard InChI is InChI=1S/C21H13Cl2FN4O3S/c22-15-2-1-3-17(24)20(15)21(29)27-14-6-5-13-11-26-28(18(13)9-14)32(30,31)19-7-4-12(10-25)8-16(19)23/h1-9,26H,11H2,(H,27,29). The molecule has 0 bridgehead atoms. The third kappa shape index (κ3) is 3.89. The van der Waals surface area contributed by atoms with Gasteiger partial charge in [0.2, 0.25) is 0 Å². The molecule has 162 valence electrons. The summed E-state index contributed by atoms with van der Waals surface area (Å²) in [5.41, 5.74) is 3.84. The highest BCUT2D eigenvalue weighted by molar-refractivity contribution is 7.92. The quantitative estimate of drug-likeness (QED) is 0.561. The number of halogens is 3. The van der Waals surface area contributed by atoms with Crippen LogP contribution in [-0.2, 0) is 16.6 Å². The molecule has 0 aliphatic carbocycles. The number of amides is 1. The maximum Gasteiger partial charge on any atom is 0.279 e. The Labute approximate surface area is 193 Å². The summed E-state index contributed by atoms with van der Waals surface area (Å²) in [6, 6.07) is 14.3. The van der Waals surface area contributed by atoms with Gasteiger partial charge in [0.25, 0.3) is 15.9 Å². The lowest BCUT2D eigenvalue weighted by Gasteiger charge is -2.20. The van der Waals surface area contributed by atoms with E-state index in [2.05, 4.69) is 10.7 Å². The lowest BCUT2D eigenvalue weighted by molar-refractivity contribution is 0.102. The second-order valence-electron chi connectivity index (χ2n) is 6.76. The Balaban J connectivity index is 1.67. The van der Waals surface area contributed by atoms with E-state index in [1.54, 1.807) is 12.1 Å². The van der Waals surface area contributed by atoms with E-state index < -0.39 is 21.7 Å². The molecule has 1 amide bonds. The van der Waals surface area contributed by atoms with Crippen molar-refractivity contribution in [2.24, 2.45) is 0 Å². The largest absolute Gasteiger partial charge is 0.322 e. The van der Waals surface area contributed by atoms with Crippen molar-refractivity contribution in [2.45, 2.75) is 11.4 Å². The summed E-state index contributed by atoms with van der Waals surface area (Å²) < 4.78 is 41.4. The number of rotatable bonds is 4. The number of sulfonamides is 1. The fraction of sp³-hybridized carbons (Fsp3) is 0.0476. The van der Waals surface area contributed by atoms with E-state index in [-0.39, 0.29) is 44.0 Å². The Bertz CT molecular complexity index is 1390. The van der Waals surface area contributed by atoms with E-state index in [4.69, 9.17) is 28.5 Å². The number of benzene rings is 3. The third-order valence-corrected chi connectivity index (χ3v) is 7.20. The number of fused-ring (bicyclic) bond motifs is 1. The van der Waals surface area contributed by atoms with Crippen LogP contribution < -0.4 is 15.2 Å². The van der Waals surface area contributed by atoms with Crippen LogP contribution in [-0.4, -0.2) is 14.3 Å². The summed E-state index contributed by atoms with van der Waals surface area (Å²) in [7, 11) is -4.13. The molecule has 1 aliphatic heterocycles. The number of nitrogens with one attached hydrogen (secondary N) is 2. The number of nitrogens with zero attached hydrogens (tertiary/aromatic N) is 2. The Morgan fingerprint density at radius 1 is 1.12 bits per heavy atom. The van der Waals surface area contributed by atoms with Crippen LogP contribution >= 0.6 is 23.2 Å². The van der Waals surface area contributed by atoms with Crippen molar-refractivity contribution in [3.8, 4) is 6.07 Å². The number of hydrogen-bond donors (Lipinski definition) is 2. The van der Waals surface area contributed by atoms with Crippen LogP contribution in [0.4, 0.5) is 15.8 Å². The highest BCUT2D eigenvalue weighted by Gasteiger charge is 2.33.